The molecule has 0 unspecified atom stereocenters. The molecule has 20 heavy (non-hydrogen) atoms. The van der Waals surface area contributed by atoms with Crippen molar-refractivity contribution < 1.29 is 9.53 Å². The molecule has 0 aromatic heterocycles. The first-order valence-electron chi connectivity index (χ1n) is 7.21. The van der Waals surface area contributed by atoms with Gasteiger partial charge in [-0.15, -0.1) is 0 Å². The fourth-order valence-electron chi connectivity index (χ4n) is 2.66. The summed E-state index contributed by atoms with van der Waals surface area (Å²) in [5.74, 6) is 0. The van der Waals surface area contributed by atoms with Gasteiger partial charge in [-0.25, -0.2) is 4.79 Å². The molecule has 0 aromatic rings. The first-order chi connectivity index (χ1) is 9.36. The highest BCUT2D eigenvalue weighted by Crippen LogP contribution is 2.29. The summed E-state index contributed by atoms with van der Waals surface area (Å²) < 4.78 is 5.34. The zero-order valence-electron chi connectivity index (χ0n) is 12.6. The average Bonchev–Trinajstić information content (AvgIpc) is 2.55. The van der Waals surface area contributed by atoms with Gasteiger partial charge in [-0.05, 0) is 33.7 Å². The molecule has 0 spiro atoms. The first kappa shape index (κ1) is 15.1. The second-order valence-corrected chi connectivity index (χ2v) is 6.57. The predicted molar refractivity (Wildman–Crippen MR) is 75.2 cm³/mol. The van der Waals surface area contributed by atoms with Crippen LogP contribution in [0, 0.1) is 11.3 Å². The molecule has 0 bridgehead atoms. The van der Waals surface area contributed by atoms with Gasteiger partial charge in [0.15, 0.2) is 0 Å². The number of amides is 1. The number of likely N-dealkylation sites (tertiary alicyclic amines) is 1. The van der Waals surface area contributed by atoms with Gasteiger partial charge in [0.05, 0.1) is 19.2 Å². The molecular formula is C14H24N4O2. The number of rotatable bonds is 1. The van der Waals surface area contributed by atoms with Gasteiger partial charge < -0.3 is 15.0 Å². The molecule has 0 aromatic carbocycles. The highest BCUT2D eigenvalue weighted by molar-refractivity contribution is 5.70. The van der Waals surface area contributed by atoms with E-state index in [-0.39, 0.29) is 6.09 Å². The van der Waals surface area contributed by atoms with Crippen LogP contribution in [-0.4, -0.2) is 66.3 Å². The summed E-state index contributed by atoms with van der Waals surface area (Å²) in [6, 6.07) is 2.41. The van der Waals surface area contributed by atoms with Gasteiger partial charge in [0.1, 0.15) is 11.1 Å². The maximum Gasteiger partial charge on any atom is 0.410 e. The molecule has 2 saturated heterocycles. The molecule has 6 heteroatoms. The second kappa shape index (κ2) is 5.58. The van der Waals surface area contributed by atoms with Gasteiger partial charge in [-0.1, -0.05) is 0 Å². The van der Waals surface area contributed by atoms with E-state index in [9.17, 15) is 10.1 Å². The van der Waals surface area contributed by atoms with Crippen LogP contribution in [-0.2, 0) is 4.74 Å². The lowest BCUT2D eigenvalue weighted by Crippen LogP contribution is -2.71. The van der Waals surface area contributed by atoms with Gasteiger partial charge in [0.25, 0.3) is 0 Å². The molecule has 112 valence electrons. The van der Waals surface area contributed by atoms with Gasteiger partial charge in [-0.2, -0.15) is 5.26 Å². The summed E-state index contributed by atoms with van der Waals surface area (Å²) in [5.41, 5.74) is -1.02. The Balaban J connectivity index is 1.94. The van der Waals surface area contributed by atoms with E-state index in [1.54, 1.807) is 4.90 Å². The third kappa shape index (κ3) is 3.22. The average molecular weight is 280 g/mol. The largest absolute Gasteiger partial charge is 0.444 e. The van der Waals surface area contributed by atoms with Crippen LogP contribution in [0.1, 0.15) is 27.2 Å². The molecular weight excluding hydrogens is 256 g/mol. The maximum absolute atomic E-state index is 12.0. The van der Waals surface area contributed by atoms with Crippen molar-refractivity contribution in [3.05, 3.63) is 0 Å². The Morgan fingerprint density at radius 2 is 2.00 bits per heavy atom. The van der Waals surface area contributed by atoms with Gasteiger partial charge in [0, 0.05) is 19.6 Å². The van der Waals surface area contributed by atoms with E-state index in [1.807, 2.05) is 20.8 Å². The van der Waals surface area contributed by atoms with E-state index in [4.69, 9.17) is 4.74 Å². The van der Waals surface area contributed by atoms with Gasteiger partial charge in [-0.3, -0.25) is 4.90 Å². The summed E-state index contributed by atoms with van der Waals surface area (Å²) >= 11 is 0. The highest BCUT2D eigenvalue weighted by Gasteiger charge is 2.51. The molecule has 0 saturated carbocycles. The molecule has 2 aliphatic heterocycles. The summed E-state index contributed by atoms with van der Waals surface area (Å²) in [6.45, 7) is 10.1. The lowest BCUT2D eigenvalue weighted by atomic mass is 9.89. The molecule has 0 radical (unpaired) electrons. The van der Waals surface area contributed by atoms with Gasteiger partial charge >= 0.3 is 6.09 Å². The molecule has 2 aliphatic rings. The minimum atomic E-state index is -0.525. The number of carbonyl (C=O) groups excluding carboxylic acids is 1. The van der Waals surface area contributed by atoms with Crippen molar-refractivity contribution in [2.75, 3.05) is 39.3 Å². The van der Waals surface area contributed by atoms with Crippen LogP contribution in [0.5, 0.6) is 0 Å². The molecule has 2 heterocycles. The van der Waals surface area contributed by atoms with Crippen molar-refractivity contribution in [1.29, 1.82) is 5.26 Å². The van der Waals surface area contributed by atoms with E-state index >= 15 is 0 Å². The summed E-state index contributed by atoms with van der Waals surface area (Å²) in [5, 5.41) is 12.9. The zero-order valence-corrected chi connectivity index (χ0v) is 12.6. The summed E-state index contributed by atoms with van der Waals surface area (Å²) in [6.07, 6.45) is 0.715. The van der Waals surface area contributed by atoms with Crippen molar-refractivity contribution in [3.8, 4) is 6.07 Å². The molecule has 0 aliphatic carbocycles. The Morgan fingerprint density at radius 1 is 1.30 bits per heavy atom. The Hall–Kier alpha value is -1.32. The first-order valence-corrected chi connectivity index (χ1v) is 7.21. The standard InChI is InChI=1S/C14H24N4O2/c1-13(2,3)20-12(19)17-10-14(9-15,11-17)18-7-4-5-16-6-8-18/h16H,4-8,10-11H2,1-3H3. The van der Waals surface area contributed by atoms with Crippen molar-refractivity contribution >= 4 is 6.09 Å². The quantitative estimate of drug-likeness (QED) is 0.769. The third-order valence-electron chi connectivity index (χ3n) is 3.71. The van der Waals surface area contributed by atoms with Crippen LogP contribution in [0.2, 0.25) is 0 Å². The minimum absolute atomic E-state index is 0.323. The number of nitrogens with one attached hydrogen (secondary N) is 1. The number of carbonyl (C=O) groups is 1. The van der Waals surface area contributed by atoms with Crippen LogP contribution in [0.25, 0.3) is 0 Å². The Morgan fingerprint density at radius 3 is 2.60 bits per heavy atom. The van der Waals surface area contributed by atoms with E-state index in [0.717, 1.165) is 32.6 Å². The van der Waals surface area contributed by atoms with Crippen LogP contribution < -0.4 is 5.32 Å². The predicted octanol–water partition coefficient (Wildman–Crippen LogP) is 0.795. The molecule has 2 rings (SSSR count). The fraction of sp³-hybridized carbons (Fsp3) is 0.857. The highest BCUT2D eigenvalue weighted by atomic mass is 16.6. The van der Waals surface area contributed by atoms with Crippen LogP contribution in [0.3, 0.4) is 0 Å². The maximum atomic E-state index is 12.0. The molecule has 1 N–H and O–H groups in total. The number of hydrogen-bond acceptors (Lipinski definition) is 5. The molecule has 2 fully saturated rings. The van der Waals surface area contributed by atoms with E-state index in [2.05, 4.69) is 16.3 Å². The third-order valence-corrected chi connectivity index (χ3v) is 3.71. The fourth-order valence-corrected chi connectivity index (χ4v) is 2.66. The van der Waals surface area contributed by atoms with Crippen molar-refractivity contribution in [1.82, 2.24) is 15.1 Å². The Bertz CT molecular complexity index is 396. The van der Waals surface area contributed by atoms with Crippen LogP contribution in [0.4, 0.5) is 4.79 Å². The number of ether oxygens (including phenoxy) is 1. The molecule has 0 atom stereocenters. The molecule has 6 nitrogen and oxygen atoms in total. The molecule has 1 amide bonds. The van der Waals surface area contributed by atoms with Crippen molar-refractivity contribution in [2.24, 2.45) is 0 Å². The van der Waals surface area contributed by atoms with E-state index in [1.165, 1.54) is 0 Å². The summed E-state index contributed by atoms with van der Waals surface area (Å²) in [7, 11) is 0. The topological polar surface area (TPSA) is 68.6 Å². The monoisotopic (exact) mass is 280 g/mol. The van der Waals surface area contributed by atoms with Crippen molar-refractivity contribution in [2.45, 2.75) is 38.3 Å². The lowest BCUT2D eigenvalue weighted by Gasteiger charge is -2.51. The van der Waals surface area contributed by atoms with E-state index in [0.29, 0.717) is 13.1 Å². The zero-order chi connectivity index (χ0) is 14.8. The van der Waals surface area contributed by atoms with Gasteiger partial charge in [0.2, 0.25) is 0 Å². The number of nitriles is 1. The SMILES string of the molecule is CC(C)(C)OC(=O)N1CC(C#N)(N2CCCNCC2)C1. The van der Waals surface area contributed by atoms with Crippen molar-refractivity contribution in [3.63, 3.8) is 0 Å². The summed E-state index contributed by atoms with van der Waals surface area (Å²) in [4.78, 5) is 15.8. The lowest BCUT2D eigenvalue weighted by molar-refractivity contribution is -0.0379. The van der Waals surface area contributed by atoms with Crippen LogP contribution >= 0.6 is 0 Å². The van der Waals surface area contributed by atoms with E-state index < -0.39 is 11.1 Å². The number of hydrogen-bond donors (Lipinski definition) is 1. The Labute approximate surface area is 120 Å². The minimum Gasteiger partial charge on any atom is -0.444 e. The Kier molecular flexibility index (Phi) is 4.21. The number of nitrogens with zero attached hydrogens (tertiary/aromatic N) is 3. The second-order valence-electron chi connectivity index (χ2n) is 6.57. The smallest absolute Gasteiger partial charge is 0.410 e. The normalized spacial score (nSPS) is 23.4. The van der Waals surface area contributed by atoms with Crippen LogP contribution in [0.15, 0.2) is 0 Å².